The molecule has 2 atom stereocenters. The molecule has 17 heavy (non-hydrogen) atoms. The minimum Gasteiger partial charge on any atom is -0.481 e. The SMILES string of the molecule is CC1CCC(Cc2cccc(F)c2)(C(=O)O)C1. The minimum atomic E-state index is -0.744. The molecule has 0 spiro atoms. The zero-order valence-corrected chi connectivity index (χ0v) is 9.95. The van der Waals surface area contributed by atoms with Crippen molar-refractivity contribution >= 4 is 5.97 Å². The molecule has 3 heteroatoms. The molecule has 2 rings (SSSR count). The second kappa shape index (κ2) is 4.47. The van der Waals surface area contributed by atoms with Gasteiger partial charge < -0.3 is 5.11 Å². The maximum absolute atomic E-state index is 13.1. The standard InChI is InChI=1S/C14H17FO2/c1-10-5-6-14(8-10,13(16)17)9-11-3-2-4-12(15)7-11/h2-4,7,10H,5-6,8-9H2,1H3,(H,16,17). The molecule has 0 radical (unpaired) electrons. The molecule has 0 aliphatic heterocycles. The molecular formula is C14H17FO2. The monoisotopic (exact) mass is 236 g/mol. The number of rotatable bonds is 3. The lowest BCUT2D eigenvalue weighted by Gasteiger charge is -2.24. The van der Waals surface area contributed by atoms with E-state index in [4.69, 9.17) is 0 Å². The molecule has 1 fully saturated rings. The quantitative estimate of drug-likeness (QED) is 0.874. The molecule has 0 aromatic heterocycles. The molecule has 1 saturated carbocycles. The van der Waals surface area contributed by atoms with Gasteiger partial charge in [0.15, 0.2) is 0 Å². The van der Waals surface area contributed by atoms with Gasteiger partial charge in [-0.15, -0.1) is 0 Å². The minimum absolute atomic E-state index is 0.297. The van der Waals surface area contributed by atoms with Gasteiger partial charge in [-0.2, -0.15) is 0 Å². The summed E-state index contributed by atoms with van der Waals surface area (Å²) in [5.74, 6) is -0.597. The summed E-state index contributed by atoms with van der Waals surface area (Å²) in [5.41, 5.74) is 0.0919. The predicted octanol–water partition coefficient (Wildman–Crippen LogP) is 3.26. The van der Waals surface area contributed by atoms with Crippen LogP contribution < -0.4 is 0 Å². The Morgan fingerprint density at radius 3 is 2.88 bits per heavy atom. The van der Waals surface area contributed by atoms with Crippen LogP contribution in [-0.4, -0.2) is 11.1 Å². The highest BCUT2D eigenvalue weighted by Gasteiger charge is 2.44. The topological polar surface area (TPSA) is 37.3 Å². The molecule has 0 heterocycles. The van der Waals surface area contributed by atoms with Gasteiger partial charge in [0.2, 0.25) is 0 Å². The Morgan fingerprint density at radius 2 is 2.35 bits per heavy atom. The van der Waals surface area contributed by atoms with Crippen molar-refractivity contribution in [3.8, 4) is 0 Å². The molecule has 1 aromatic carbocycles. The Bertz CT molecular complexity index is 430. The fourth-order valence-corrected chi connectivity index (χ4v) is 2.86. The van der Waals surface area contributed by atoms with Crippen LogP contribution in [0.2, 0.25) is 0 Å². The van der Waals surface area contributed by atoms with Crippen molar-refractivity contribution in [1.82, 2.24) is 0 Å². The third-order valence-corrected chi connectivity index (χ3v) is 3.74. The normalized spacial score (nSPS) is 28.2. The highest BCUT2D eigenvalue weighted by molar-refractivity contribution is 5.75. The van der Waals surface area contributed by atoms with Gasteiger partial charge in [-0.25, -0.2) is 4.39 Å². The second-order valence-corrected chi connectivity index (χ2v) is 5.24. The Labute approximate surface area is 100 Å². The highest BCUT2D eigenvalue weighted by Crippen LogP contribution is 2.44. The summed E-state index contributed by atoms with van der Waals surface area (Å²) in [4.78, 5) is 11.5. The van der Waals surface area contributed by atoms with E-state index in [9.17, 15) is 14.3 Å². The number of halogens is 1. The number of carboxylic acid groups (broad SMARTS) is 1. The van der Waals surface area contributed by atoms with Gasteiger partial charge in [-0.05, 0) is 49.3 Å². The molecular weight excluding hydrogens is 219 g/mol. The number of hydrogen-bond acceptors (Lipinski definition) is 1. The van der Waals surface area contributed by atoms with Crippen LogP contribution in [0, 0.1) is 17.2 Å². The van der Waals surface area contributed by atoms with Crippen molar-refractivity contribution in [1.29, 1.82) is 0 Å². The van der Waals surface area contributed by atoms with Crippen LogP contribution >= 0.6 is 0 Å². The summed E-state index contributed by atoms with van der Waals surface area (Å²) < 4.78 is 13.1. The van der Waals surface area contributed by atoms with Crippen molar-refractivity contribution in [3.05, 3.63) is 35.6 Å². The molecule has 0 amide bonds. The molecule has 1 aliphatic rings. The zero-order chi connectivity index (χ0) is 12.5. The third-order valence-electron chi connectivity index (χ3n) is 3.74. The average molecular weight is 236 g/mol. The van der Waals surface area contributed by atoms with Crippen molar-refractivity contribution in [2.45, 2.75) is 32.6 Å². The summed E-state index contributed by atoms with van der Waals surface area (Å²) in [6, 6.07) is 6.26. The fraction of sp³-hybridized carbons (Fsp3) is 0.500. The first kappa shape index (κ1) is 12.1. The van der Waals surface area contributed by atoms with Gasteiger partial charge in [0.05, 0.1) is 5.41 Å². The van der Waals surface area contributed by atoms with Crippen LogP contribution in [0.3, 0.4) is 0 Å². The van der Waals surface area contributed by atoms with E-state index in [1.165, 1.54) is 12.1 Å². The Kier molecular flexibility index (Phi) is 3.18. The van der Waals surface area contributed by atoms with Gasteiger partial charge in [0, 0.05) is 0 Å². The predicted molar refractivity (Wildman–Crippen MR) is 63.2 cm³/mol. The van der Waals surface area contributed by atoms with E-state index in [1.54, 1.807) is 12.1 Å². The van der Waals surface area contributed by atoms with Crippen LogP contribution in [0.5, 0.6) is 0 Å². The summed E-state index contributed by atoms with van der Waals surface area (Å²) in [7, 11) is 0. The van der Waals surface area contributed by atoms with Gasteiger partial charge in [-0.1, -0.05) is 19.1 Å². The molecule has 1 aromatic rings. The fourth-order valence-electron chi connectivity index (χ4n) is 2.86. The number of benzene rings is 1. The maximum atomic E-state index is 13.1. The molecule has 2 nitrogen and oxygen atoms in total. The molecule has 2 unspecified atom stereocenters. The average Bonchev–Trinajstić information content (AvgIpc) is 2.61. The third kappa shape index (κ3) is 2.48. The van der Waals surface area contributed by atoms with E-state index < -0.39 is 11.4 Å². The van der Waals surface area contributed by atoms with Crippen LogP contribution in [0.4, 0.5) is 4.39 Å². The number of carboxylic acids is 1. The van der Waals surface area contributed by atoms with Gasteiger partial charge >= 0.3 is 5.97 Å². The first-order chi connectivity index (χ1) is 8.02. The number of aliphatic carboxylic acids is 1. The van der Waals surface area contributed by atoms with E-state index in [-0.39, 0.29) is 5.82 Å². The zero-order valence-electron chi connectivity index (χ0n) is 9.95. The molecule has 92 valence electrons. The smallest absolute Gasteiger partial charge is 0.309 e. The number of hydrogen-bond donors (Lipinski definition) is 1. The van der Waals surface area contributed by atoms with E-state index in [1.807, 2.05) is 0 Å². The second-order valence-electron chi connectivity index (χ2n) is 5.24. The molecule has 0 saturated heterocycles. The van der Waals surface area contributed by atoms with Crippen molar-refractivity contribution in [2.24, 2.45) is 11.3 Å². The van der Waals surface area contributed by atoms with E-state index >= 15 is 0 Å². The van der Waals surface area contributed by atoms with E-state index in [2.05, 4.69) is 6.92 Å². The Balaban J connectivity index is 2.22. The highest BCUT2D eigenvalue weighted by atomic mass is 19.1. The van der Waals surface area contributed by atoms with Crippen LogP contribution in [0.25, 0.3) is 0 Å². The molecule has 1 aliphatic carbocycles. The lowest BCUT2D eigenvalue weighted by molar-refractivity contribution is -0.148. The van der Waals surface area contributed by atoms with Gasteiger partial charge in [-0.3, -0.25) is 4.79 Å². The van der Waals surface area contributed by atoms with E-state index in [0.717, 1.165) is 12.0 Å². The Morgan fingerprint density at radius 1 is 1.59 bits per heavy atom. The summed E-state index contributed by atoms with van der Waals surface area (Å²) in [6.07, 6.45) is 2.77. The van der Waals surface area contributed by atoms with Gasteiger partial charge in [0.1, 0.15) is 5.82 Å². The van der Waals surface area contributed by atoms with Crippen molar-refractivity contribution < 1.29 is 14.3 Å². The van der Waals surface area contributed by atoms with E-state index in [0.29, 0.717) is 25.2 Å². The largest absolute Gasteiger partial charge is 0.481 e. The molecule has 1 N–H and O–H groups in total. The summed E-state index contributed by atoms with van der Waals surface area (Å²) >= 11 is 0. The number of carbonyl (C=O) groups is 1. The van der Waals surface area contributed by atoms with Crippen LogP contribution in [-0.2, 0) is 11.2 Å². The Hall–Kier alpha value is -1.38. The van der Waals surface area contributed by atoms with Crippen LogP contribution in [0.15, 0.2) is 24.3 Å². The van der Waals surface area contributed by atoms with Crippen molar-refractivity contribution in [2.75, 3.05) is 0 Å². The van der Waals surface area contributed by atoms with Crippen LogP contribution in [0.1, 0.15) is 31.7 Å². The lowest BCUT2D eigenvalue weighted by atomic mass is 9.79. The summed E-state index contributed by atoms with van der Waals surface area (Å²) in [6.45, 7) is 2.08. The van der Waals surface area contributed by atoms with Gasteiger partial charge in [0.25, 0.3) is 0 Å². The first-order valence-corrected chi connectivity index (χ1v) is 6.00. The summed E-state index contributed by atoms with van der Waals surface area (Å²) in [5, 5.41) is 9.42. The first-order valence-electron chi connectivity index (χ1n) is 6.00. The maximum Gasteiger partial charge on any atom is 0.309 e. The van der Waals surface area contributed by atoms with Crippen molar-refractivity contribution in [3.63, 3.8) is 0 Å². The molecule has 0 bridgehead atoms. The lowest BCUT2D eigenvalue weighted by Crippen LogP contribution is -2.30.